The molecule has 0 aliphatic heterocycles. The van der Waals surface area contributed by atoms with Gasteiger partial charge in [-0.15, -0.1) is 0 Å². The first kappa shape index (κ1) is 17.4. The molecule has 0 saturated heterocycles. The SMILES string of the molecule is Cc1cccc(-n2ncc3ccc(NC(=O)C(O)CNC(=O)O)cc32)c1. The maximum absolute atomic E-state index is 12.0. The van der Waals surface area contributed by atoms with Crippen LogP contribution in [0.25, 0.3) is 16.6 Å². The summed E-state index contributed by atoms with van der Waals surface area (Å²) >= 11 is 0. The lowest BCUT2D eigenvalue weighted by Gasteiger charge is -2.12. The molecule has 134 valence electrons. The largest absolute Gasteiger partial charge is 0.465 e. The summed E-state index contributed by atoms with van der Waals surface area (Å²) in [4.78, 5) is 22.4. The molecule has 2 amide bonds. The van der Waals surface area contributed by atoms with Gasteiger partial charge in [0.2, 0.25) is 0 Å². The first-order valence-corrected chi connectivity index (χ1v) is 7.94. The second kappa shape index (κ2) is 7.24. The van der Waals surface area contributed by atoms with Crippen LogP contribution < -0.4 is 10.6 Å². The average Bonchev–Trinajstić information content (AvgIpc) is 3.02. The summed E-state index contributed by atoms with van der Waals surface area (Å²) in [6.45, 7) is 1.61. The van der Waals surface area contributed by atoms with E-state index >= 15 is 0 Å². The molecule has 1 unspecified atom stereocenters. The molecule has 1 aromatic heterocycles. The highest BCUT2D eigenvalue weighted by molar-refractivity contribution is 5.96. The van der Waals surface area contributed by atoms with Crippen molar-refractivity contribution in [2.24, 2.45) is 0 Å². The second-order valence-corrected chi connectivity index (χ2v) is 5.86. The quantitative estimate of drug-likeness (QED) is 0.558. The molecule has 8 nitrogen and oxygen atoms in total. The second-order valence-electron chi connectivity index (χ2n) is 5.86. The normalized spacial score (nSPS) is 11.9. The topological polar surface area (TPSA) is 116 Å². The molecular weight excluding hydrogens is 336 g/mol. The van der Waals surface area contributed by atoms with Crippen molar-refractivity contribution in [2.75, 3.05) is 11.9 Å². The van der Waals surface area contributed by atoms with Gasteiger partial charge in [0, 0.05) is 11.1 Å². The number of benzene rings is 2. The van der Waals surface area contributed by atoms with Gasteiger partial charge in [0.1, 0.15) is 6.10 Å². The molecule has 0 saturated carbocycles. The molecular formula is C18H18N4O4. The lowest BCUT2D eigenvalue weighted by molar-refractivity contribution is -0.123. The van der Waals surface area contributed by atoms with Gasteiger partial charge in [-0.2, -0.15) is 5.10 Å². The molecule has 26 heavy (non-hydrogen) atoms. The Morgan fingerprint density at radius 1 is 1.23 bits per heavy atom. The Bertz CT molecular complexity index is 967. The summed E-state index contributed by atoms with van der Waals surface area (Å²) in [5.41, 5.74) is 3.27. The van der Waals surface area contributed by atoms with Gasteiger partial charge in [-0.05, 0) is 42.8 Å². The Balaban J connectivity index is 1.83. The van der Waals surface area contributed by atoms with Crippen molar-refractivity contribution >= 4 is 28.6 Å². The maximum atomic E-state index is 12.0. The van der Waals surface area contributed by atoms with Crippen LogP contribution in [0, 0.1) is 6.92 Å². The number of aliphatic hydroxyl groups is 1. The number of aromatic nitrogens is 2. The minimum atomic E-state index is -1.48. The minimum Gasteiger partial charge on any atom is -0.465 e. The predicted molar refractivity (Wildman–Crippen MR) is 96.5 cm³/mol. The molecule has 3 rings (SSSR count). The molecule has 1 atom stereocenters. The van der Waals surface area contributed by atoms with E-state index in [-0.39, 0.29) is 6.54 Å². The molecule has 8 heteroatoms. The van der Waals surface area contributed by atoms with Gasteiger partial charge in [-0.3, -0.25) is 4.79 Å². The Labute approximate surface area is 149 Å². The van der Waals surface area contributed by atoms with Crippen molar-refractivity contribution in [2.45, 2.75) is 13.0 Å². The van der Waals surface area contributed by atoms with Crippen molar-refractivity contribution in [1.82, 2.24) is 15.1 Å². The zero-order valence-corrected chi connectivity index (χ0v) is 14.0. The van der Waals surface area contributed by atoms with E-state index in [1.54, 1.807) is 23.0 Å². The van der Waals surface area contributed by atoms with Gasteiger partial charge >= 0.3 is 6.09 Å². The van der Waals surface area contributed by atoms with E-state index < -0.39 is 18.1 Å². The first-order valence-electron chi connectivity index (χ1n) is 7.94. The number of anilines is 1. The van der Waals surface area contributed by atoms with E-state index in [4.69, 9.17) is 5.11 Å². The number of rotatable bonds is 5. The number of hydrogen-bond acceptors (Lipinski definition) is 4. The summed E-state index contributed by atoms with van der Waals surface area (Å²) in [6, 6.07) is 13.1. The van der Waals surface area contributed by atoms with E-state index in [9.17, 15) is 14.7 Å². The van der Waals surface area contributed by atoms with Gasteiger partial charge in [0.15, 0.2) is 0 Å². The monoisotopic (exact) mass is 354 g/mol. The van der Waals surface area contributed by atoms with E-state index in [0.717, 1.165) is 22.2 Å². The zero-order chi connectivity index (χ0) is 18.7. The van der Waals surface area contributed by atoms with Crippen molar-refractivity contribution in [3.05, 3.63) is 54.2 Å². The van der Waals surface area contributed by atoms with Crippen molar-refractivity contribution in [3.8, 4) is 5.69 Å². The van der Waals surface area contributed by atoms with Gasteiger partial charge in [0.25, 0.3) is 5.91 Å². The minimum absolute atomic E-state index is 0.384. The molecule has 0 radical (unpaired) electrons. The van der Waals surface area contributed by atoms with Crippen LogP contribution in [-0.4, -0.2) is 44.6 Å². The zero-order valence-electron chi connectivity index (χ0n) is 14.0. The van der Waals surface area contributed by atoms with Crippen molar-refractivity contribution in [1.29, 1.82) is 0 Å². The third kappa shape index (κ3) is 3.81. The number of carboxylic acid groups (broad SMARTS) is 1. The highest BCUT2D eigenvalue weighted by Crippen LogP contribution is 2.22. The number of aryl methyl sites for hydroxylation is 1. The van der Waals surface area contributed by atoms with Crippen LogP contribution in [0.1, 0.15) is 5.56 Å². The summed E-state index contributed by atoms with van der Waals surface area (Å²) in [6.07, 6.45) is -1.06. The number of hydrogen-bond donors (Lipinski definition) is 4. The molecule has 2 aromatic carbocycles. The molecule has 1 heterocycles. The Morgan fingerprint density at radius 2 is 2.04 bits per heavy atom. The number of aliphatic hydroxyl groups excluding tert-OH is 1. The van der Waals surface area contributed by atoms with Crippen LogP contribution in [-0.2, 0) is 4.79 Å². The van der Waals surface area contributed by atoms with Crippen LogP contribution >= 0.6 is 0 Å². The van der Waals surface area contributed by atoms with Gasteiger partial charge in [0.05, 0.1) is 23.9 Å². The third-order valence-electron chi connectivity index (χ3n) is 3.83. The Kier molecular flexibility index (Phi) is 4.85. The van der Waals surface area contributed by atoms with Crippen LogP contribution in [0.2, 0.25) is 0 Å². The Morgan fingerprint density at radius 3 is 2.77 bits per heavy atom. The summed E-state index contributed by atoms with van der Waals surface area (Å²) in [7, 11) is 0. The molecule has 0 spiro atoms. The Hall–Kier alpha value is -3.39. The standard InChI is InChI=1S/C18H18N4O4/c1-11-3-2-4-14(7-11)22-15-8-13(6-5-12(15)9-20-22)21-17(24)16(23)10-19-18(25)26/h2-9,16,19,23H,10H2,1H3,(H,21,24)(H,25,26). The molecule has 3 aromatic rings. The predicted octanol–water partition coefficient (Wildman–Crippen LogP) is 1.90. The highest BCUT2D eigenvalue weighted by atomic mass is 16.4. The lowest BCUT2D eigenvalue weighted by Crippen LogP contribution is -2.38. The van der Waals surface area contributed by atoms with Gasteiger partial charge in [-0.1, -0.05) is 12.1 Å². The van der Waals surface area contributed by atoms with Crippen LogP contribution in [0.5, 0.6) is 0 Å². The lowest BCUT2D eigenvalue weighted by atomic mass is 10.2. The van der Waals surface area contributed by atoms with Crippen molar-refractivity contribution < 1.29 is 19.8 Å². The number of nitrogens with zero attached hydrogens (tertiary/aromatic N) is 2. The third-order valence-corrected chi connectivity index (χ3v) is 3.83. The van der Waals surface area contributed by atoms with E-state index in [1.165, 1.54) is 0 Å². The van der Waals surface area contributed by atoms with Gasteiger partial charge < -0.3 is 20.8 Å². The molecule has 0 fully saturated rings. The summed E-state index contributed by atoms with van der Waals surface area (Å²) in [5.74, 6) is -0.695. The average molecular weight is 354 g/mol. The fourth-order valence-corrected chi connectivity index (χ4v) is 2.56. The molecule has 0 bridgehead atoms. The number of amides is 2. The first-order chi connectivity index (χ1) is 12.4. The smallest absolute Gasteiger partial charge is 0.404 e. The molecule has 0 aliphatic rings. The fourth-order valence-electron chi connectivity index (χ4n) is 2.56. The fraction of sp³-hybridized carbons (Fsp3) is 0.167. The maximum Gasteiger partial charge on any atom is 0.404 e. The number of carbonyl (C=O) groups excluding carboxylic acids is 1. The van der Waals surface area contributed by atoms with E-state index in [1.807, 2.05) is 42.6 Å². The molecule has 0 aliphatic carbocycles. The van der Waals surface area contributed by atoms with Crippen LogP contribution in [0.3, 0.4) is 0 Å². The number of fused-ring (bicyclic) bond motifs is 1. The van der Waals surface area contributed by atoms with Crippen LogP contribution in [0.4, 0.5) is 10.5 Å². The van der Waals surface area contributed by atoms with E-state index in [2.05, 4.69) is 10.4 Å². The molecule has 4 N–H and O–H groups in total. The van der Waals surface area contributed by atoms with Crippen molar-refractivity contribution in [3.63, 3.8) is 0 Å². The highest BCUT2D eigenvalue weighted by Gasteiger charge is 2.16. The number of nitrogens with one attached hydrogen (secondary N) is 2. The number of carbonyl (C=O) groups is 2. The van der Waals surface area contributed by atoms with Crippen LogP contribution in [0.15, 0.2) is 48.7 Å². The summed E-state index contributed by atoms with van der Waals surface area (Å²) < 4.78 is 1.76. The van der Waals surface area contributed by atoms with E-state index in [0.29, 0.717) is 5.69 Å². The summed E-state index contributed by atoms with van der Waals surface area (Å²) in [5, 5.41) is 28.1. The van der Waals surface area contributed by atoms with Gasteiger partial charge in [-0.25, -0.2) is 9.48 Å².